The summed E-state index contributed by atoms with van der Waals surface area (Å²) in [6, 6.07) is 7.12. The molecule has 2 N–H and O–H groups in total. The van der Waals surface area contributed by atoms with Gasteiger partial charge in [0.25, 0.3) is 5.95 Å². The molecule has 1 aromatic carbocycles. The summed E-state index contributed by atoms with van der Waals surface area (Å²) >= 11 is 0. The molecule has 0 saturated carbocycles. The smallest absolute Gasteiger partial charge is 0.321 e. The number of aromatic nitrogens is 3. The van der Waals surface area contributed by atoms with Crippen molar-refractivity contribution in [2.75, 3.05) is 11.9 Å². The van der Waals surface area contributed by atoms with Gasteiger partial charge in [0.2, 0.25) is 0 Å². The lowest BCUT2D eigenvalue weighted by molar-refractivity contribution is 0.251. The van der Waals surface area contributed by atoms with Gasteiger partial charge < -0.3 is 5.32 Å². The molecule has 0 bridgehead atoms. The van der Waals surface area contributed by atoms with Gasteiger partial charge in [-0.15, -0.1) is 10.2 Å². The van der Waals surface area contributed by atoms with Crippen LogP contribution < -0.4 is 10.6 Å². The number of para-hydroxylation sites is 1. The second-order valence-corrected chi connectivity index (χ2v) is 4.92. The van der Waals surface area contributed by atoms with Crippen molar-refractivity contribution in [1.29, 1.82) is 0 Å². The molecule has 2 aromatic rings. The van der Waals surface area contributed by atoms with Gasteiger partial charge in [-0.25, -0.2) is 9.78 Å². The van der Waals surface area contributed by atoms with Crippen LogP contribution in [0, 0.1) is 0 Å². The first-order valence-corrected chi connectivity index (χ1v) is 7.44. The molecule has 0 aliphatic rings. The van der Waals surface area contributed by atoms with Gasteiger partial charge in [-0.2, -0.15) is 0 Å². The van der Waals surface area contributed by atoms with Crippen LogP contribution in [0.4, 0.5) is 10.7 Å². The zero-order chi connectivity index (χ0) is 14.9. The predicted octanol–water partition coefficient (Wildman–Crippen LogP) is 3.12. The van der Waals surface area contributed by atoms with Gasteiger partial charge in [0.15, 0.2) is 0 Å². The molecule has 112 valence electrons. The fourth-order valence-electron chi connectivity index (χ4n) is 2.01. The SMILES string of the molecule is CCCCCCCNC(=O)Nc1nnc2ccccc2n1. The molecule has 1 aromatic heterocycles. The van der Waals surface area contributed by atoms with Crippen LogP contribution in [0.15, 0.2) is 24.3 Å². The van der Waals surface area contributed by atoms with Crippen molar-refractivity contribution < 1.29 is 4.79 Å². The predicted molar refractivity (Wildman–Crippen MR) is 83.1 cm³/mol. The van der Waals surface area contributed by atoms with E-state index < -0.39 is 0 Å². The summed E-state index contributed by atoms with van der Waals surface area (Å²) in [6.07, 6.45) is 5.83. The highest BCUT2D eigenvalue weighted by Crippen LogP contribution is 2.08. The van der Waals surface area contributed by atoms with Gasteiger partial charge in [-0.1, -0.05) is 44.7 Å². The number of amides is 2. The minimum absolute atomic E-state index is 0.220. The van der Waals surface area contributed by atoms with Gasteiger partial charge >= 0.3 is 6.03 Å². The van der Waals surface area contributed by atoms with Gasteiger partial charge in [-0.3, -0.25) is 5.32 Å². The van der Waals surface area contributed by atoms with Gasteiger partial charge in [0.1, 0.15) is 5.52 Å². The van der Waals surface area contributed by atoms with E-state index in [9.17, 15) is 4.79 Å². The zero-order valence-electron chi connectivity index (χ0n) is 12.3. The van der Waals surface area contributed by atoms with Crippen LogP contribution in [0.2, 0.25) is 0 Å². The van der Waals surface area contributed by atoms with Gasteiger partial charge in [0, 0.05) is 6.54 Å². The topological polar surface area (TPSA) is 79.8 Å². The number of carbonyl (C=O) groups is 1. The number of anilines is 1. The third-order valence-electron chi connectivity index (χ3n) is 3.15. The highest BCUT2D eigenvalue weighted by Gasteiger charge is 2.05. The van der Waals surface area contributed by atoms with E-state index in [2.05, 4.69) is 32.7 Å². The molecule has 0 aliphatic carbocycles. The number of urea groups is 1. The number of rotatable bonds is 7. The number of carbonyl (C=O) groups excluding carboxylic acids is 1. The van der Waals surface area contributed by atoms with Crippen molar-refractivity contribution in [2.24, 2.45) is 0 Å². The molecule has 2 rings (SSSR count). The average Bonchev–Trinajstić information content (AvgIpc) is 2.50. The van der Waals surface area contributed by atoms with Crippen molar-refractivity contribution in [3.63, 3.8) is 0 Å². The van der Waals surface area contributed by atoms with Gasteiger partial charge in [0.05, 0.1) is 5.52 Å². The van der Waals surface area contributed by atoms with E-state index in [0.717, 1.165) is 12.8 Å². The van der Waals surface area contributed by atoms with Crippen LogP contribution in [0.25, 0.3) is 11.0 Å². The molecule has 1 heterocycles. The minimum Gasteiger partial charge on any atom is -0.338 e. The average molecular weight is 287 g/mol. The Morgan fingerprint density at radius 3 is 2.62 bits per heavy atom. The summed E-state index contributed by atoms with van der Waals surface area (Å²) < 4.78 is 0. The molecule has 2 amide bonds. The van der Waals surface area contributed by atoms with E-state index in [-0.39, 0.29) is 12.0 Å². The number of unbranched alkanes of at least 4 members (excludes halogenated alkanes) is 4. The molecule has 0 radical (unpaired) electrons. The number of hydrogen-bond donors (Lipinski definition) is 2. The largest absolute Gasteiger partial charge is 0.338 e. The molecule has 0 unspecified atom stereocenters. The highest BCUT2D eigenvalue weighted by molar-refractivity contribution is 5.88. The Labute approximate surface area is 124 Å². The van der Waals surface area contributed by atoms with Crippen molar-refractivity contribution in [1.82, 2.24) is 20.5 Å². The highest BCUT2D eigenvalue weighted by atomic mass is 16.2. The fourth-order valence-corrected chi connectivity index (χ4v) is 2.01. The number of benzene rings is 1. The van der Waals surface area contributed by atoms with Crippen LogP contribution in [0.5, 0.6) is 0 Å². The maximum atomic E-state index is 11.7. The monoisotopic (exact) mass is 287 g/mol. The molecule has 0 saturated heterocycles. The Hall–Kier alpha value is -2.24. The van der Waals surface area contributed by atoms with Gasteiger partial charge in [-0.05, 0) is 18.6 Å². The first kappa shape index (κ1) is 15.2. The lowest BCUT2D eigenvalue weighted by Gasteiger charge is -2.06. The molecular formula is C15H21N5O. The lowest BCUT2D eigenvalue weighted by Crippen LogP contribution is -2.30. The van der Waals surface area contributed by atoms with Crippen LogP contribution >= 0.6 is 0 Å². The number of nitrogens with zero attached hydrogens (tertiary/aromatic N) is 3. The summed E-state index contributed by atoms with van der Waals surface area (Å²) in [7, 11) is 0. The standard InChI is InChI=1S/C15H21N5O/c1-2-3-4-5-8-11-16-15(21)18-14-17-12-9-6-7-10-13(12)19-20-14/h6-7,9-10H,2-5,8,11H2,1H3,(H2,16,17,18,20,21). The van der Waals surface area contributed by atoms with E-state index in [1.807, 2.05) is 24.3 Å². The number of fused-ring (bicyclic) bond motifs is 1. The maximum Gasteiger partial charge on any atom is 0.321 e. The maximum absolute atomic E-state index is 11.7. The number of nitrogens with one attached hydrogen (secondary N) is 2. The number of hydrogen-bond acceptors (Lipinski definition) is 4. The molecule has 0 fully saturated rings. The Balaban J connectivity index is 1.76. The van der Waals surface area contributed by atoms with Crippen LogP contribution in [0.3, 0.4) is 0 Å². The van der Waals surface area contributed by atoms with E-state index in [1.54, 1.807) is 0 Å². The Morgan fingerprint density at radius 2 is 1.81 bits per heavy atom. The first-order chi connectivity index (χ1) is 10.3. The van der Waals surface area contributed by atoms with Crippen molar-refractivity contribution >= 4 is 23.0 Å². The van der Waals surface area contributed by atoms with E-state index in [4.69, 9.17) is 0 Å². The van der Waals surface area contributed by atoms with Crippen LogP contribution in [0.1, 0.15) is 39.0 Å². The molecule has 21 heavy (non-hydrogen) atoms. The summed E-state index contributed by atoms with van der Waals surface area (Å²) in [4.78, 5) is 15.9. The van der Waals surface area contributed by atoms with Crippen molar-refractivity contribution in [3.8, 4) is 0 Å². The van der Waals surface area contributed by atoms with Crippen LogP contribution in [-0.4, -0.2) is 27.8 Å². The Morgan fingerprint density at radius 1 is 1.05 bits per heavy atom. The second-order valence-electron chi connectivity index (χ2n) is 4.92. The third kappa shape index (κ3) is 4.98. The second kappa shape index (κ2) is 8.14. The zero-order valence-corrected chi connectivity index (χ0v) is 12.3. The molecular weight excluding hydrogens is 266 g/mol. The van der Waals surface area contributed by atoms with E-state index in [0.29, 0.717) is 17.6 Å². The molecule has 0 atom stereocenters. The third-order valence-corrected chi connectivity index (χ3v) is 3.15. The summed E-state index contributed by atoms with van der Waals surface area (Å²) in [5.41, 5.74) is 1.42. The lowest BCUT2D eigenvalue weighted by atomic mass is 10.1. The normalized spacial score (nSPS) is 10.5. The minimum atomic E-state index is -0.289. The Bertz CT molecular complexity index is 587. The fraction of sp³-hybridized carbons (Fsp3) is 0.467. The van der Waals surface area contributed by atoms with E-state index in [1.165, 1.54) is 19.3 Å². The van der Waals surface area contributed by atoms with Crippen molar-refractivity contribution in [2.45, 2.75) is 39.0 Å². The molecule has 0 spiro atoms. The summed E-state index contributed by atoms with van der Waals surface area (Å²) in [5, 5.41) is 13.3. The quantitative estimate of drug-likeness (QED) is 0.767. The molecule has 6 nitrogen and oxygen atoms in total. The Kier molecular flexibility index (Phi) is 5.87. The van der Waals surface area contributed by atoms with Crippen molar-refractivity contribution in [3.05, 3.63) is 24.3 Å². The summed E-state index contributed by atoms with van der Waals surface area (Å²) in [6.45, 7) is 2.85. The van der Waals surface area contributed by atoms with E-state index >= 15 is 0 Å². The first-order valence-electron chi connectivity index (χ1n) is 7.44. The van der Waals surface area contributed by atoms with Crippen LogP contribution in [-0.2, 0) is 0 Å². The molecule has 0 aliphatic heterocycles. The molecule has 6 heteroatoms. The summed E-state index contributed by atoms with van der Waals surface area (Å²) in [5.74, 6) is 0.220.